The second-order valence-electron chi connectivity index (χ2n) is 7.64. The van der Waals surface area contributed by atoms with Gasteiger partial charge in [-0.1, -0.05) is 35.5 Å². The molecule has 0 unspecified atom stereocenters. The Bertz CT molecular complexity index is 1040. The largest absolute Gasteiger partial charge is 0.364 e. The lowest BCUT2D eigenvalue weighted by molar-refractivity contribution is 0.169. The second-order valence-corrected chi connectivity index (χ2v) is 7.64. The first-order chi connectivity index (χ1) is 15.2. The number of pyridine rings is 1. The number of nitrogens with zero attached hydrogens (tertiary/aromatic N) is 5. The normalized spacial score (nSPS) is 14.8. The van der Waals surface area contributed by atoms with Crippen LogP contribution in [-0.2, 0) is 19.6 Å². The molecule has 0 bridgehead atoms. The van der Waals surface area contributed by atoms with Crippen molar-refractivity contribution in [3.05, 3.63) is 88.2 Å². The van der Waals surface area contributed by atoms with Gasteiger partial charge in [-0.3, -0.25) is 14.7 Å². The third kappa shape index (κ3) is 6.42. The number of aliphatic imine (C=N–C) groups is 1. The van der Waals surface area contributed by atoms with E-state index in [0.29, 0.717) is 13.1 Å². The summed E-state index contributed by atoms with van der Waals surface area (Å²) in [6, 6.07) is 15.5. The number of nitrogens with one attached hydrogen (secondary N) is 1. The quantitative estimate of drug-likeness (QED) is 0.290. The lowest BCUT2D eigenvalue weighted by Crippen LogP contribution is -2.52. The van der Waals surface area contributed by atoms with Crippen LogP contribution in [0.5, 0.6) is 0 Å². The number of aromatic nitrogens is 2. The molecule has 1 N–H and O–H groups in total. The predicted octanol–water partition coefficient (Wildman–Crippen LogP) is 2.40. The first-order valence-corrected chi connectivity index (χ1v) is 10.5. The minimum Gasteiger partial charge on any atom is -0.364 e. The van der Waals surface area contributed by atoms with Gasteiger partial charge in [-0.2, -0.15) is 0 Å². The monoisotopic (exact) mass is 548 g/mol. The molecule has 0 amide bonds. The molecule has 170 valence electrons. The molecule has 2 aromatic heterocycles. The molecule has 1 fully saturated rings. The van der Waals surface area contributed by atoms with Crippen molar-refractivity contribution in [3.63, 3.8) is 0 Å². The fraction of sp³-hybridized carbons (Fsp3) is 0.348. The van der Waals surface area contributed by atoms with Gasteiger partial charge in [0, 0.05) is 64.6 Å². The molecule has 1 saturated heterocycles. The molecule has 8 nitrogen and oxygen atoms in total. The summed E-state index contributed by atoms with van der Waals surface area (Å²) < 4.78 is 6.62. The molecule has 3 aromatic rings. The van der Waals surface area contributed by atoms with Gasteiger partial charge in [0.1, 0.15) is 6.26 Å². The van der Waals surface area contributed by atoms with Crippen molar-refractivity contribution in [3.8, 4) is 0 Å². The van der Waals surface area contributed by atoms with Crippen molar-refractivity contribution >= 4 is 29.9 Å². The lowest BCUT2D eigenvalue weighted by atomic mass is 10.1. The van der Waals surface area contributed by atoms with E-state index in [-0.39, 0.29) is 29.5 Å². The van der Waals surface area contributed by atoms with E-state index < -0.39 is 0 Å². The highest BCUT2D eigenvalue weighted by Gasteiger charge is 2.20. The van der Waals surface area contributed by atoms with E-state index in [4.69, 9.17) is 4.52 Å². The van der Waals surface area contributed by atoms with E-state index in [2.05, 4.69) is 49.5 Å². The third-order valence-corrected chi connectivity index (χ3v) is 5.49. The minimum atomic E-state index is 0. The van der Waals surface area contributed by atoms with Crippen LogP contribution in [0.3, 0.4) is 0 Å². The second kappa shape index (κ2) is 11.8. The Morgan fingerprint density at radius 2 is 1.78 bits per heavy atom. The van der Waals surface area contributed by atoms with Gasteiger partial charge in [-0.05, 0) is 17.2 Å². The summed E-state index contributed by atoms with van der Waals surface area (Å²) in [6.45, 7) is 5.86. The van der Waals surface area contributed by atoms with Crippen LogP contribution >= 0.6 is 24.0 Å². The Kier molecular flexibility index (Phi) is 8.86. The summed E-state index contributed by atoms with van der Waals surface area (Å²) in [5.74, 6) is 0.918. The standard InChI is InChI=1S/C23H28N6O2.HI/c1-24-23(28-13-11-27(12-14-28)18-21-9-15-31-26-21)25-16-19-5-7-20(8-6-19)17-29-10-3-2-4-22(29)30;/h2-10,15H,11-14,16-18H2,1H3,(H,24,25);1H. The number of hydrogen-bond donors (Lipinski definition) is 1. The van der Waals surface area contributed by atoms with Crippen LogP contribution in [-0.4, -0.2) is 58.7 Å². The number of halogens is 1. The Morgan fingerprint density at radius 3 is 2.44 bits per heavy atom. The van der Waals surface area contributed by atoms with Crippen molar-refractivity contribution in [1.82, 2.24) is 24.8 Å². The van der Waals surface area contributed by atoms with E-state index in [1.165, 1.54) is 5.56 Å². The van der Waals surface area contributed by atoms with E-state index in [1.807, 2.05) is 25.4 Å². The molecular weight excluding hydrogens is 519 g/mol. The molecule has 9 heteroatoms. The van der Waals surface area contributed by atoms with Gasteiger partial charge in [0.2, 0.25) is 0 Å². The molecule has 1 aliphatic rings. The molecule has 3 heterocycles. The van der Waals surface area contributed by atoms with Crippen molar-refractivity contribution in [2.24, 2.45) is 4.99 Å². The fourth-order valence-corrected chi connectivity index (χ4v) is 3.73. The highest BCUT2D eigenvalue weighted by molar-refractivity contribution is 14.0. The number of hydrogen-bond acceptors (Lipinski definition) is 5. The molecule has 4 rings (SSSR count). The molecule has 0 radical (unpaired) electrons. The van der Waals surface area contributed by atoms with Crippen molar-refractivity contribution < 1.29 is 4.52 Å². The molecular formula is C23H29IN6O2. The predicted molar refractivity (Wildman–Crippen MR) is 135 cm³/mol. The summed E-state index contributed by atoms with van der Waals surface area (Å²) in [4.78, 5) is 21.0. The molecule has 1 aromatic carbocycles. The molecule has 0 saturated carbocycles. The average Bonchev–Trinajstić information content (AvgIpc) is 3.31. The number of rotatable bonds is 6. The zero-order chi connectivity index (χ0) is 21.5. The van der Waals surface area contributed by atoms with Crippen LogP contribution in [0.15, 0.2) is 75.3 Å². The SMILES string of the molecule is CN=C(NCc1ccc(Cn2ccccc2=O)cc1)N1CCN(Cc2ccon2)CC1.I. The van der Waals surface area contributed by atoms with E-state index in [0.717, 1.165) is 49.9 Å². The summed E-state index contributed by atoms with van der Waals surface area (Å²) in [5, 5.41) is 7.46. The Hall–Kier alpha value is -2.66. The third-order valence-electron chi connectivity index (χ3n) is 5.49. The lowest BCUT2D eigenvalue weighted by Gasteiger charge is -2.36. The topological polar surface area (TPSA) is 78.9 Å². The molecule has 0 atom stereocenters. The van der Waals surface area contributed by atoms with Gasteiger partial charge < -0.3 is 19.3 Å². The molecule has 1 aliphatic heterocycles. The highest BCUT2D eigenvalue weighted by atomic mass is 127. The van der Waals surface area contributed by atoms with Crippen LogP contribution in [0, 0.1) is 0 Å². The molecule has 0 spiro atoms. The van der Waals surface area contributed by atoms with Gasteiger partial charge >= 0.3 is 0 Å². The highest BCUT2D eigenvalue weighted by Crippen LogP contribution is 2.09. The van der Waals surface area contributed by atoms with Crippen LogP contribution < -0.4 is 10.9 Å². The average molecular weight is 548 g/mol. The van der Waals surface area contributed by atoms with Gasteiger partial charge in [0.25, 0.3) is 5.56 Å². The van der Waals surface area contributed by atoms with E-state index in [1.54, 1.807) is 23.0 Å². The molecule has 32 heavy (non-hydrogen) atoms. The van der Waals surface area contributed by atoms with Gasteiger partial charge in [0.15, 0.2) is 5.96 Å². The summed E-state index contributed by atoms with van der Waals surface area (Å²) >= 11 is 0. The Morgan fingerprint density at radius 1 is 1.03 bits per heavy atom. The zero-order valence-corrected chi connectivity index (χ0v) is 20.5. The summed E-state index contributed by atoms with van der Waals surface area (Å²) in [6.07, 6.45) is 3.43. The van der Waals surface area contributed by atoms with Gasteiger partial charge in [-0.25, -0.2) is 0 Å². The zero-order valence-electron chi connectivity index (χ0n) is 18.2. The number of piperazine rings is 1. The first-order valence-electron chi connectivity index (χ1n) is 10.5. The summed E-state index contributed by atoms with van der Waals surface area (Å²) in [5.41, 5.74) is 3.26. The smallest absolute Gasteiger partial charge is 0.250 e. The van der Waals surface area contributed by atoms with Gasteiger partial charge in [0.05, 0.1) is 12.2 Å². The van der Waals surface area contributed by atoms with Crippen molar-refractivity contribution in [2.45, 2.75) is 19.6 Å². The molecule has 0 aliphatic carbocycles. The minimum absolute atomic E-state index is 0. The maximum Gasteiger partial charge on any atom is 0.250 e. The number of guanidine groups is 1. The van der Waals surface area contributed by atoms with Crippen LogP contribution in [0.4, 0.5) is 0 Å². The number of benzene rings is 1. The van der Waals surface area contributed by atoms with Crippen LogP contribution in [0.1, 0.15) is 16.8 Å². The first kappa shape index (κ1) is 24.0. The fourth-order valence-electron chi connectivity index (χ4n) is 3.73. The van der Waals surface area contributed by atoms with Gasteiger partial charge in [-0.15, -0.1) is 24.0 Å². The van der Waals surface area contributed by atoms with Crippen LogP contribution in [0.25, 0.3) is 0 Å². The summed E-state index contributed by atoms with van der Waals surface area (Å²) in [7, 11) is 1.82. The Labute approximate surface area is 204 Å². The van der Waals surface area contributed by atoms with Crippen LogP contribution in [0.2, 0.25) is 0 Å². The van der Waals surface area contributed by atoms with Crippen molar-refractivity contribution in [2.75, 3.05) is 33.2 Å². The van der Waals surface area contributed by atoms with E-state index >= 15 is 0 Å². The Balaban J connectivity index is 0.00000289. The maximum atomic E-state index is 11.9. The van der Waals surface area contributed by atoms with E-state index in [9.17, 15) is 4.79 Å². The maximum absolute atomic E-state index is 11.9. The van der Waals surface area contributed by atoms with Crippen molar-refractivity contribution in [1.29, 1.82) is 0 Å².